The molecule has 0 aliphatic carbocycles. The van der Waals surface area contributed by atoms with Gasteiger partial charge in [0.15, 0.2) is 5.65 Å². The molecule has 7 nitrogen and oxygen atoms in total. The summed E-state index contributed by atoms with van der Waals surface area (Å²) >= 11 is 6.04. The van der Waals surface area contributed by atoms with Crippen LogP contribution in [0.1, 0.15) is 6.92 Å². The second-order valence-electron chi connectivity index (χ2n) is 6.89. The molecule has 0 spiro atoms. The Morgan fingerprint density at radius 2 is 1.96 bits per heavy atom. The fourth-order valence-electron chi connectivity index (χ4n) is 2.96. The maximum Gasteiger partial charge on any atom is 0.165 e. The average molecular weight is 413 g/mol. The van der Waals surface area contributed by atoms with E-state index >= 15 is 0 Å². The Bertz CT molecular complexity index is 1110. The number of hydrogen-bond donors (Lipinski definition) is 2. The van der Waals surface area contributed by atoms with Crippen LogP contribution in [0.25, 0.3) is 28.2 Å². The van der Waals surface area contributed by atoms with E-state index in [1.807, 2.05) is 61.2 Å². The fraction of sp³-hybridized carbons (Fsp3) is 0.211. The van der Waals surface area contributed by atoms with Gasteiger partial charge < -0.3 is 10.1 Å². The highest BCUT2D eigenvalue weighted by Gasteiger charge is 2.16. The zero-order valence-electron chi connectivity index (χ0n) is 15.7. The summed E-state index contributed by atoms with van der Waals surface area (Å²) < 4.78 is 3.77. The number of halogens is 1. The van der Waals surface area contributed by atoms with E-state index in [9.17, 15) is 5.11 Å². The summed E-state index contributed by atoms with van der Waals surface area (Å²) in [5.41, 5.74) is 4.50. The summed E-state index contributed by atoms with van der Waals surface area (Å²) in [5, 5.41) is 14.3. The van der Waals surface area contributed by atoms with Crippen LogP contribution in [0.4, 0.5) is 5.82 Å². The number of aliphatic hydroxyl groups is 1. The number of nitrogens with zero attached hydrogens (tertiary/aromatic N) is 5. The van der Waals surface area contributed by atoms with Crippen molar-refractivity contribution in [2.24, 2.45) is 7.05 Å². The van der Waals surface area contributed by atoms with Crippen LogP contribution in [-0.4, -0.2) is 45.5 Å². The molecule has 0 radical (unpaired) electrons. The van der Waals surface area contributed by atoms with Gasteiger partial charge in [0.25, 0.3) is 0 Å². The summed E-state index contributed by atoms with van der Waals surface area (Å²) in [5.74, 6) is 0.907. The SMILES string of the molecule is C[C@@H](CO)[SiH2]Nc1cnc2c(-c3cnn(C)c3)nc(-c3ccc(Cl)cc3)cn12. The van der Waals surface area contributed by atoms with Gasteiger partial charge in [-0.3, -0.25) is 9.08 Å². The molecule has 0 amide bonds. The van der Waals surface area contributed by atoms with Gasteiger partial charge in [0, 0.05) is 42.2 Å². The van der Waals surface area contributed by atoms with Crippen molar-refractivity contribution in [2.45, 2.75) is 12.5 Å². The third kappa shape index (κ3) is 3.66. The number of hydrogen-bond acceptors (Lipinski definition) is 5. The van der Waals surface area contributed by atoms with E-state index < -0.39 is 9.68 Å². The highest BCUT2D eigenvalue weighted by atomic mass is 35.5. The van der Waals surface area contributed by atoms with Crippen molar-refractivity contribution in [3.63, 3.8) is 0 Å². The highest BCUT2D eigenvalue weighted by Crippen LogP contribution is 2.28. The fourth-order valence-corrected chi connectivity index (χ4v) is 4.03. The Labute approximate surface area is 169 Å². The lowest BCUT2D eigenvalue weighted by Gasteiger charge is -2.12. The van der Waals surface area contributed by atoms with Crippen molar-refractivity contribution in [1.82, 2.24) is 24.1 Å². The van der Waals surface area contributed by atoms with Crippen LogP contribution in [0, 0.1) is 0 Å². The van der Waals surface area contributed by atoms with Gasteiger partial charge in [0.1, 0.15) is 21.2 Å². The van der Waals surface area contributed by atoms with Crippen molar-refractivity contribution in [3.8, 4) is 22.5 Å². The largest absolute Gasteiger partial charge is 0.401 e. The first-order valence-corrected chi connectivity index (χ1v) is 10.9. The molecule has 0 unspecified atom stereocenters. The van der Waals surface area contributed by atoms with Crippen LogP contribution in [0.15, 0.2) is 49.1 Å². The van der Waals surface area contributed by atoms with Crippen molar-refractivity contribution in [2.75, 3.05) is 11.6 Å². The molecule has 0 bridgehead atoms. The monoisotopic (exact) mass is 412 g/mol. The predicted molar refractivity (Wildman–Crippen MR) is 114 cm³/mol. The minimum absolute atomic E-state index is 0.189. The molecule has 2 N–H and O–H groups in total. The van der Waals surface area contributed by atoms with Crippen molar-refractivity contribution < 1.29 is 5.11 Å². The molecule has 3 aromatic heterocycles. The summed E-state index contributed by atoms with van der Waals surface area (Å²) in [7, 11) is 1.19. The van der Waals surface area contributed by atoms with E-state index in [0.29, 0.717) is 5.02 Å². The molecular weight excluding hydrogens is 392 g/mol. The molecule has 0 saturated carbocycles. The molecule has 144 valence electrons. The van der Waals surface area contributed by atoms with Crippen LogP contribution in [0.5, 0.6) is 0 Å². The second-order valence-corrected chi connectivity index (χ2v) is 9.48. The smallest absolute Gasteiger partial charge is 0.165 e. The molecule has 28 heavy (non-hydrogen) atoms. The standard InChI is InChI=1S/C19H21ClN6OSi/c1-12(11-27)28-24-17-8-21-19-18(14-7-22-25(2)9-14)23-16(10-26(17)19)13-3-5-15(20)6-4-13/h3-10,12,24,27H,11,28H2,1-2H3/t12-/m0/s1. The van der Waals surface area contributed by atoms with Gasteiger partial charge in [-0.15, -0.1) is 0 Å². The number of benzene rings is 1. The number of imidazole rings is 1. The molecule has 3 heterocycles. The Morgan fingerprint density at radius 1 is 1.18 bits per heavy atom. The van der Waals surface area contributed by atoms with E-state index in [1.165, 1.54) is 0 Å². The molecule has 4 aromatic rings. The lowest BCUT2D eigenvalue weighted by atomic mass is 10.1. The lowest BCUT2D eigenvalue weighted by Crippen LogP contribution is -2.15. The minimum atomic E-state index is -0.688. The second kappa shape index (κ2) is 7.74. The number of nitrogens with one attached hydrogen (secondary N) is 1. The van der Waals surface area contributed by atoms with Crippen molar-refractivity contribution in [3.05, 3.63) is 54.1 Å². The number of aryl methyl sites for hydroxylation is 1. The van der Waals surface area contributed by atoms with Crippen LogP contribution in [0.2, 0.25) is 10.6 Å². The number of aromatic nitrogens is 5. The number of fused-ring (bicyclic) bond motifs is 1. The van der Waals surface area contributed by atoms with Gasteiger partial charge in [0.2, 0.25) is 0 Å². The molecular formula is C19H21ClN6OSi. The number of aliphatic hydroxyl groups excluding tert-OH is 1. The van der Waals surface area contributed by atoms with E-state index in [2.05, 4.69) is 15.1 Å². The van der Waals surface area contributed by atoms with Crippen LogP contribution >= 0.6 is 11.6 Å². The first kappa shape index (κ1) is 18.7. The Kier molecular flexibility index (Phi) is 5.16. The summed E-state index contributed by atoms with van der Waals surface area (Å²) in [6.45, 7) is 2.23. The molecule has 0 fully saturated rings. The normalized spacial score (nSPS) is 12.9. The summed E-state index contributed by atoms with van der Waals surface area (Å²) in [4.78, 5) is 13.0. The van der Waals surface area contributed by atoms with E-state index in [0.717, 1.165) is 34.0 Å². The Balaban J connectivity index is 1.86. The van der Waals surface area contributed by atoms with E-state index in [4.69, 9.17) is 16.6 Å². The van der Waals surface area contributed by atoms with Gasteiger partial charge >= 0.3 is 0 Å². The lowest BCUT2D eigenvalue weighted by molar-refractivity contribution is 0.294. The molecule has 1 atom stereocenters. The third-order valence-corrected chi connectivity index (χ3v) is 6.33. The van der Waals surface area contributed by atoms with Crippen LogP contribution in [-0.2, 0) is 7.05 Å². The molecule has 4 rings (SSSR count). The quantitative estimate of drug-likeness (QED) is 0.476. The van der Waals surface area contributed by atoms with Gasteiger partial charge in [-0.25, -0.2) is 9.97 Å². The van der Waals surface area contributed by atoms with Crippen molar-refractivity contribution in [1.29, 1.82) is 0 Å². The van der Waals surface area contributed by atoms with Crippen molar-refractivity contribution >= 4 is 32.7 Å². The van der Waals surface area contributed by atoms with Gasteiger partial charge in [-0.1, -0.05) is 30.7 Å². The van der Waals surface area contributed by atoms with Crippen LogP contribution in [0.3, 0.4) is 0 Å². The highest BCUT2D eigenvalue weighted by molar-refractivity contribution is 6.42. The molecule has 0 aliphatic heterocycles. The Hall–Kier alpha value is -2.68. The first-order valence-electron chi connectivity index (χ1n) is 9.03. The number of anilines is 1. The molecule has 0 aliphatic rings. The zero-order chi connectivity index (χ0) is 19.7. The predicted octanol–water partition coefficient (Wildman–Crippen LogP) is 2.75. The zero-order valence-corrected chi connectivity index (χ0v) is 17.8. The molecule has 9 heteroatoms. The summed E-state index contributed by atoms with van der Waals surface area (Å²) in [6.07, 6.45) is 7.52. The van der Waals surface area contributed by atoms with Crippen LogP contribution < -0.4 is 4.98 Å². The third-order valence-electron chi connectivity index (χ3n) is 4.55. The van der Waals surface area contributed by atoms with E-state index in [-0.39, 0.29) is 12.1 Å². The minimum Gasteiger partial charge on any atom is -0.401 e. The topological polar surface area (TPSA) is 80.3 Å². The van der Waals surface area contributed by atoms with Gasteiger partial charge in [0.05, 0.1) is 18.1 Å². The maximum atomic E-state index is 9.33. The first-order chi connectivity index (χ1) is 13.5. The molecule has 0 saturated heterocycles. The van der Waals surface area contributed by atoms with Gasteiger partial charge in [-0.2, -0.15) is 5.10 Å². The Morgan fingerprint density at radius 3 is 2.64 bits per heavy atom. The van der Waals surface area contributed by atoms with Gasteiger partial charge in [-0.05, 0) is 17.7 Å². The number of rotatable bonds is 6. The maximum absolute atomic E-state index is 9.33. The average Bonchev–Trinajstić information content (AvgIpc) is 3.32. The van der Waals surface area contributed by atoms with E-state index in [1.54, 1.807) is 10.9 Å². The molecule has 1 aromatic carbocycles. The summed E-state index contributed by atoms with van der Waals surface area (Å²) in [6, 6.07) is 7.62.